The summed E-state index contributed by atoms with van der Waals surface area (Å²) in [6, 6.07) is 10.1. The Hall–Kier alpha value is -3.22. The second-order valence-corrected chi connectivity index (χ2v) is 7.93. The van der Waals surface area contributed by atoms with Crippen molar-refractivity contribution in [3.05, 3.63) is 58.9 Å². The molecule has 0 radical (unpaired) electrons. The molecule has 0 atom stereocenters. The number of pyridine rings is 1. The van der Waals surface area contributed by atoms with Gasteiger partial charge in [-0.3, -0.25) is 9.59 Å². The molecular weight excluding hydrogens is 378 g/mol. The second-order valence-electron chi connectivity index (χ2n) is 7.93. The van der Waals surface area contributed by atoms with Crippen molar-refractivity contribution in [2.24, 2.45) is 0 Å². The normalized spacial score (nSPS) is 13.9. The van der Waals surface area contributed by atoms with Crippen LogP contribution in [0.3, 0.4) is 0 Å². The number of benzene rings is 1. The molecule has 2 aromatic heterocycles. The van der Waals surface area contributed by atoms with Crippen molar-refractivity contribution < 1.29 is 9.59 Å². The summed E-state index contributed by atoms with van der Waals surface area (Å²) in [5.74, 6) is 0.0851. The molecule has 1 aliphatic rings. The Morgan fingerprint density at radius 3 is 2.73 bits per heavy atom. The fourth-order valence-corrected chi connectivity index (χ4v) is 3.85. The molecule has 7 nitrogen and oxygen atoms in total. The van der Waals surface area contributed by atoms with Gasteiger partial charge in [-0.05, 0) is 38.3 Å². The molecule has 1 N–H and O–H groups in total. The molecule has 1 fully saturated rings. The van der Waals surface area contributed by atoms with Gasteiger partial charge in [-0.25, -0.2) is 9.67 Å². The van der Waals surface area contributed by atoms with Crippen LogP contribution in [0.5, 0.6) is 0 Å². The van der Waals surface area contributed by atoms with Crippen molar-refractivity contribution in [1.82, 2.24) is 25.0 Å². The molecule has 1 aliphatic heterocycles. The van der Waals surface area contributed by atoms with E-state index in [9.17, 15) is 9.59 Å². The number of aromatic nitrogens is 3. The molecule has 4 rings (SSSR count). The second kappa shape index (κ2) is 8.65. The largest absolute Gasteiger partial charge is 0.352 e. The first-order valence-electron chi connectivity index (χ1n) is 10.5. The van der Waals surface area contributed by atoms with Gasteiger partial charge in [-0.2, -0.15) is 5.10 Å². The van der Waals surface area contributed by atoms with Gasteiger partial charge in [0.1, 0.15) is 0 Å². The van der Waals surface area contributed by atoms with Gasteiger partial charge in [0.2, 0.25) is 5.91 Å². The smallest absolute Gasteiger partial charge is 0.252 e. The minimum absolute atomic E-state index is 0.131. The highest BCUT2D eigenvalue weighted by molar-refractivity contribution is 6.05. The number of carbonyl (C=O) groups is 2. The van der Waals surface area contributed by atoms with E-state index in [1.807, 2.05) is 16.5 Å². The summed E-state index contributed by atoms with van der Waals surface area (Å²) < 4.78 is 1.84. The molecule has 7 heteroatoms. The van der Waals surface area contributed by atoms with Crippen molar-refractivity contribution >= 4 is 22.8 Å². The number of likely N-dealkylation sites (tertiary alicyclic amines) is 1. The molecule has 0 bridgehead atoms. The van der Waals surface area contributed by atoms with Gasteiger partial charge in [0.15, 0.2) is 5.65 Å². The number of nitrogens with zero attached hydrogens (tertiary/aromatic N) is 4. The molecule has 0 aliphatic carbocycles. The number of rotatable bonds is 7. The van der Waals surface area contributed by atoms with E-state index < -0.39 is 0 Å². The molecule has 0 unspecified atom stereocenters. The molecule has 0 spiro atoms. The Morgan fingerprint density at radius 2 is 2.00 bits per heavy atom. The van der Waals surface area contributed by atoms with Gasteiger partial charge in [0.05, 0.1) is 23.7 Å². The molecule has 3 heterocycles. The third kappa shape index (κ3) is 4.35. The Morgan fingerprint density at radius 1 is 1.20 bits per heavy atom. The summed E-state index contributed by atoms with van der Waals surface area (Å²) in [6.45, 7) is 6.61. The first-order valence-corrected chi connectivity index (χ1v) is 10.5. The highest BCUT2D eigenvalue weighted by Gasteiger charge is 2.20. The molecule has 0 saturated carbocycles. The van der Waals surface area contributed by atoms with Crippen molar-refractivity contribution in [1.29, 1.82) is 0 Å². The number of nitrogens with one attached hydrogen (secondary N) is 1. The quantitative estimate of drug-likeness (QED) is 0.613. The van der Waals surface area contributed by atoms with Crippen LogP contribution in [0.2, 0.25) is 0 Å². The fourth-order valence-electron chi connectivity index (χ4n) is 3.85. The molecule has 2 amide bonds. The lowest BCUT2D eigenvalue weighted by Crippen LogP contribution is -2.30. The van der Waals surface area contributed by atoms with Gasteiger partial charge in [0, 0.05) is 31.7 Å². The lowest BCUT2D eigenvalue weighted by molar-refractivity contribution is -0.127. The van der Waals surface area contributed by atoms with Crippen LogP contribution in [-0.4, -0.2) is 51.1 Å². The number of amides is 2. The Kier molecular flexibility index (Phi) is 5.79. The third-order valence-electron chi connectivity index (χ3n) is 5.50. The molecular formula is C23H27N5O2. The number of hydrogen-bond acceptors (Lipinski definition) is 4. The van der Waals surface area contributed by atoms with E-state index in [-0.39, 0.29) is 11.8 Å². The van der Waals surface area contributed by atoms with E-state index in [2.05, 4.69) is 46.6 Å². The lowest BCUT2D eigenvalue weighted by Gasteiger charge is -2.15. The summed E-state index contributed by atoms with van der Waals surface area (Å²) in [4.78, 5) is 31.0. The zero-order valence-electron chi connectivity index (χ0n) is 17.5. The fraction of sp³-hybridized carbons (Fsp3) is 0.391. The summed E-state index contributed by atoms with van der Waals surface area (Å²) in [6.07, 6.45) is 4.05. The average molecular weight is 406 g/mol. The van der Waals surface area contributed by atoms with Gasteiger partial charge >= 0.3 is 0 Å². The monoisotopic (exact) mass is 405 g/mol. The molecule has 30 heavy (non-hydrogen) atoms. The van der Waals surface area contributed by atoms with E-state index in [1.54, 1.807) is 12.3 Å². The van der Waals surface area contributed by atoms with Gasteiger partial charge in [-0.15, -0.1) is 0 Å². The summed E-state index contributed by atoms with van der Waals surface area (Å²) in [5.41, 5.74) is 4.43. The van der Waals surface area contributed by atoms with E-state index in [1.165, 1.54) is 5.56 Å². The van der Waals surface area contributed by atoms with Crippen LogP contribution < -0.4 is 5.32 Å². The van der Waals surface area contributed by atoms with Crippen LogP contribution in [0.1, 0.15) is 46.4 Å². The maximum Gasteiger partial charge on any atom is 0.252 e. The zero-order chi connectivity index (χ0) is 21.1. The van der Waals surface area contributed by atoms with Crippen molar-refractivity contribution in [3.63, 3.8) is 0 Å². The minimum Gasteiger partial charge on any atom is -0.352 e. The van der Waals surface area contributed by atoms with Crippen LogP contribution in [0.25, 0.3) is 11.0 Å². The maximum absolute atomic E-state index is 12.8. The Balaban J connectivity index is 1.45. The predicted octanol–water partition coefficient (Wildman–Crippen LogP) is 2.84. The maximum atomic E-state index is 12.8. The molecule has 156 valence electrons. The lowest BCUT2D eigenvalue weighted by atomic mass is 10.1. The SMILES string of the molecule is Cc1ccc(Cn2ncc3c(C(=O)NCCCN4CCCC4=O)cc(C)nc32)cc1. The Bertz CT molecular complexity index is 1070. The highest BCUT2D eigenvalue weighted by Crippen LogP contribution is 2.19. The van der Waals surface area contributed by atoms with Crippen LogP contribution in [-0.2, 0) is 11.3 Å². The highest BCUT2D eigenvalue weighted by atomic mass is 16.2. The first kappa shape index (κ1) is 20.1. The standard InChI is InChI=1S/C23H27N5O2/c1-16-6-8-18(9-7-16)15-28-22-20(14-25-28)19(13-17(2)26-22)23(30)24-10-4-12-27-11-3-5-21(27)29/h6-9,13-14H,3-5,10-12,15H2,1-2H3,(H,24,30). The van der Waals surface area contributed by atoms with Crippen molar-refractivity contribution in [2.75, 3.05) is 19.6 Å². The van der Waals surface area contributed by atoms with E-state index >= 15 is 0 Å². The number of carbonyl (C=O) groups excluding carboxylic acids is 2. The number of hydrogen-bond donors (Lipinski definition) is 1. The van der Waals surface area contributed by atoms with Crippen LogP contribution in [0.4, 0.5) is 0 Å². The zero-order valence-corrected chi connectivity index (χ0v) is 17.5. The van der Waals surface area contributed by atoms with Gasteiger partial charge in [0.25, 0.3) is 5.91 Å². The molecule has 1 aromatic carbocycles. The van der Waals surface area contributed by atoms with E-state index in [0.29, 0.717) is 37.3 Å². The summed E-state index contributed by atoms with van der Waals surface area (Å²) in [5, 5.41) is 8.21. The summed E-state index contributed by atoms with van der Waals surface area (Å²) >= 11 is 0. The molecule has 3 aromatic rings. The van der Waals surface area contributed by atoms with Crippen LogP contribution in [0.15, 0.2) is 36.5 Å². The van der Waals surface area contributed by atoms with Gasteiger partial charge < -0.3 is 10.2 Å². The van der Waals surface area contributed by atoms with Crippen molar-refractivity contribution in [3.8, 4) is 0 Å². The first-order chi connectivity index (χ1) is 14.5. The van der Waals surface area contributed by atoms with Crippen LogP contribution in [0, 0.1) is 13.8 Å². The van der Waals surface area contributed by atoms with Crippen LogP contribution >= 0.6 is 0 Å². The topological polar surface area (TPSA) is 80.1 Å². The molecule has 1 saturated heterocycles. The van der Waals surface area contributed by atoms with Gasteiger partial charge in [-0.1, -0.05) is 29.8 Å². The summed E-state index contributed by atoms with van der Waals surface area (Å²) in [7, 11) is 0. The van der Waals surface area contributed by atoms with Crippen molar-refractivity contribution in [2.45, 2.75) is 39.7 Å². The van der Waals surface area contributed by atoms with E-state index in [0.717, 1.165) is 36.0 Å². The number of aryl methyl sites for hydroxylation is 2. The third-order valence-corrected chi connectivity index (χ3v) is 5.50. The minimum atomic E-state index is -0.131. The number of fused-ring (bicyclic) bond motifs is 1. The van der Waals surface area contributed by atoms with E-state index in [4.69, 9.17) is 0 Å². The Labute approximate surface area is 176 Å². The predicted molar refractivity (Wildman–Crippen MR) is 115 cm³/mol. The average Bonchev–Trinajstić information content (AvgIpc) is 3.32.